The number of aliphatic hydroxyl groups is 1. The molecule has 4 aliphatic carbocycles. The highest BCUT2D eigenvalue weighted by atomic mass is 19.1. The topological polar surface area (TPSA) is 167 Å². The number of ketones is 1. The molecule has 6 rings (SSSR count). The molecule has 0 saturated heterocycles. The summed E-state index contributed by atoms with van der Waals surface area (Å²) in [5.41, 5.74) is 15.4. The van der Waals surface area contributed by atoms with Crippen LogP contribution in [0.4, 0.5) is 20.2 Å². The van der Waals surface area contributed by atoms with Crippen LogP contribution in [-0.2, 0) is 23.9 Å². The number of carbonyl (C=O) groups is 3. The normalized spacial score (nSPS) is 27.2. The Labute approximate surface area is 301 Å². The molecule has 2 saturated carbocycles. The van der Waals surface area contributed by atoms with Crippen molar-refractivity contribution in [2.75, 3.05) is 13.2 Å². The van der Waals surface area contributed by atoms with Gasteiger partial charge < -0.3 is 26.0 Å². The summed E-state index contributed by atoms with van der Waals surface area (Å²) in [5.74, 6) is -1.33. The van der Waals surface area contributed by atoms with Gasteiger partial charge in [0, 0.05) is 12.8 Å². The van der Waals surface area contributed by atoms with Gasteiger partial charge in [-0.3, -0.25) is 14.4 Å². The zero-order valence-corrected chi connectivity index (χ0v) is 29.4. The number of Topliss-reactive ketones (excluding diaryl/α,β-unsaturated/α-hetero) is 1. The van der Waals surface area contributed by atoms with Gasteiger partial charge in [-0.2, -0.15) is 0 Å². The van der Waals surface area contributed by atoms with Crippen molar-refractivity contribution in [2.24, 2.45) is 32.3 Å². The third-order valence-electron chi connectivity index (χ3n) is 9.88. The maximum atomic E-state index is 13.1. The van der Waals surface area contributed by atoms with Gasteiger partial charge in [-0.15, -0.1) is 0 Å². The molecule has 10 nitrogen and oxygen atoms in total. The third-order valence-corrected chi connectivity index (χ3v) is 9.88. The molecule has 1 unspecified atom stereocenters. The Bertz CT molecular complexity index is 1880. The molecule has 0 aliphatic heterocycles. The average molecular weight is 715 g/mol. The van der Waals surface area contributed by atoms with Gasteiger partial charge in [0.2, 0.25) is 0 Å². The third kappa shape index (κ3) is 8.12. The van der Waals surface area contributed by atoms with Crippen LogP contribution in [0.3, 0.4) is 0 Å². The second-order valence-electron chi connectivity index (χ2n) is 13.2. The van der Waals surface area contributed by atoms with Gasteiger partial charge in [0.15, 0.2) is 0 Å². The number of benzene rings is 2. The number of esters is 2. The smallest absolute Gasteiger partial charge is 0.317 e. The minimum absolute atomic E-state index is 0.0468. The molecule has 0 heterocycles. The van der Waals surface area contributed by atoms with Gasteiger partial charge in [-0.1, -0.05) is 5.57 Å². The first-order chi connectivity index (χ1) is 25.0. The number of aliphatic imine (C=N–C) groups is 2. The molecular formula is C40H44F2N4O6. The number of nitrogens with zero attached hydrogens (tertiary/aromatic N) is 2. The summed E-state index contributed by atoms with van der Waals surface area (Å²) in [5, 5.41) is 10.2. The molecule has 4 aliphatic rings. The molecule has 0 bridgehead atoms. The summed E-state index contributed by atoms with van der Waals surface area (Å²) in [4.78, 5) is 46.6. The van der Waals surface area contributed by atoms with Crippen LogP contribution in [0.25, 0.3) is 0 Å². The van der Waals surface area contributed by atoms with Crippen LogP contribution < -0.4 is 11.5 Å². The molecule has 0 amide bonds. The summed E-state index contributed by atoms with van der Waals surface area (Å²) >= 11 is 0. The van der Waals surface area contributed by atoms with Crippen molar-refractivity contribution in [2.45, 2.75) is 71.3 Å². The molecule has 52 heavy (non-hydrogen) atoms. The van der Waals surface area contributed by atoms with Crippen molar-refractivity contribution < 1.29 is 37.7 Å². The Morgan fingerprint density at radius 3 is 1.71 bits per heavy atom. The first-order valence-corrected chi connectivity index (χ1v) is 17.4. The Morgan fingerprint density at radius 2 is 1.23 bits per heavy atom. The standard InChI is InChI=1S/C20H23FN2O3.C20H21FN2O3/c2*1-2-26-19(25)20-10-13(12-22)18(9-14(20)3-8-17(24)11-20)23-16-6-4-15(21)5-7-16/h4-7,9,12,17,24H,2-3,8,10-11,22H2,1H3;4-7,9,12H,2-3,8,10-11,22H2,1H3/t17?,20-;20-/m00/s1. The molecule has 0 radical (unpaired) electrons. The number of carbonyl (C=O) groups excluding carboxylic acids is 3. The van der Waals surface area contributed by atoms with Crippen molar-refractivity contribution in [3.05, 3.63) is 107 Å². The van der Waals surface area contributed by atoms with Gasteiger partial charge in [-0.05, 0) is 142 Å². The van der Waals surface area contributed by atoms with E-state index in [0.29, 0.717) is 72.5 Å². The second-order valence-corrected chi connectivity index (χ2v) is 13.2. The second kappa shape index (κ2) is 16.4. The molecule has 2 aromatic rings. The summed E-state index contributed by atoms with van der Waals surface area (Å²) in [6.07, 6.45) is 9.15. The van der Waals surface area contributed by atoms with E-state index in [4.69, 9.17) is 20.9 Å². The number of ether oxygens (including phenoxy) is 2. The monoisotopic (exact) mass is 714 g/mol. The molecular weight excluding hydrogens is 670 g/mol. The van der Waals surface area contributed by atoms with E-state index in [0.717, 1.165) is 11.1 Å². The van der Waals surface area contributed by atoms with Crippen LogP contribution in [0.15, 0.2) is 105 Å². The summed E-state index contributed by atoms with van der Waals surface area (Å²) in [6.45, 7) is 4.04. The number of hydrogen-bond donors (Lipinski definition) is 3. The van der Waals surface area contributed by atoms with Crippen LogP contribution >= 0.6 is 0 Å². The minimum atomic E-state index is -0.988. The predicted molar refractivity (Wildman–Crippen MR) is 194 cm³/mol. The lowest BCUT2D eigenvalue weighted by Gasteiger charge is -2.42. The average Bonchev–Trinajstić information content (AvgIpc) is 3.13. The first-order valence-electron chi connectivity index (χ1n) is 17.4. The highest BCUT2D eigenvalue weighted by molar-refractivity contribution is 6.13. The van der Waals surface area contributed by atoms with Gasteiger partial charge in [-0.25, -0.2) is 18.8 Å². The Kier molecular flexibility index (Phi) is 12.0. The van der Waals surface area contributed by atoms with Crippen molar-refractivity contribution in [3.63, 3.8) is 0 Å². The lowest BCUT2D eigenvalue weighted by Crippen LogP contribution is -2.44. The number of hydrogen-bond acceptors (Lipinski definition) is 10. The van der Waals surface area contributed by atoms with E-state index >= 15 is 0 Å². The number of fused-ring (bicyclic) bond motifs is 2. The van der Waals surface area contributed by atoms with Crippen LogP contribution in [0.2, 0.25) is 0 Å². The quantitative estimate of drug-likeness (QED) is 0.284. The highest BCUT2D eigenvalue weighted by Gasteiger charge is 2.51. The molecule has 5 N–H and O–H groups in total. The molecule has 0 spiro atoms. The number of rotatable bonds is 6. The fraction of sp³-hybridized carbons (Fsp3) is 0.375. The largest absolute Gasteiger partial charge is 0.465 e. The molecule has 3 atom stereocenters. The van der Waals surface area contributed by atoms with E-state index in [1.807, 2.05) is 12.2 Å². The first kappa shape index (κ1) is 38.0. The maximum absolute atomic E-state index is 13.1. The van der Waals surface area contributed by atoms with E-state index in [1.165, 1.54) is 36.7 Å². The zero-order chi connectivity index (χ0) is 37.5. The SMILES string of the molecule is CCOC(=O)[C@@]12CC(=O)CCC1=CC(=Nc1ccc(F)cc1)C(=CN)C2.CCOC(=O)[C@]12CC(=CN)C(=Nc3ccc(F)cc3)C=C1CCC(O)C2. The van der Waals surface area contributed by atoms with Crippen LogP contribution in [0.1, 0.15) is 65.2 Å². The summed E-state index contributed by atoms with van der Waals surface area (Å²) in [6, 6.07) is 11.7. The van der Waals surface area contributed by atoms with Gasteiger partial charge in [0.05, 0.1) is 47.5 Å². The van der Waals surface area contributed by atoms with E-state index in [-0.39, 0.29) is 55.4 Å². The van der Waals surface area contributed by atoms with Gasteiger partial charge >= 0.3 is 11.9 Å². The van der Waals surface area contributed by atoms with Crippen LogP contribution in [-0.4, -0.2) is 53.6 Å². The number of halogens is 2. The van der Waals surface area contributed by atoms with Crippen molar-refractivity contribution in [1.29, 1.82) is 0 Å². The van der Waals surface area contributed by atoms with E-state index in [9.17, 15) is 28.3 Å². The van der Waals surface area contributed by atoms with Gasteiger partial charge in [0.1, 0.15) is 22.8 Å². The highest BCUT2D eigenvalue weighted by Crippen LogP contribution is 2.50. The fourth-order valence-electron chi connectivity index (χ4n) is 7.28. The number of nitrogens with two attached hydrogens (primary N) is 2. The van der Waals surface area contributed by atoms with Gasteiger partial charge in [0.25, 0.3) is 0 Å². The van der Waals surface area contributed by atoms with Crippen molar-refractivity contribution >= 4 is 40.5 Å². The minimum Gasteiger partial charge on any atom is -0.465 e. The molecule has 274 valence electrons. The predicted octanol–water partition coefficient (Wildman–Crippen LogP) is 6.54. The molecule has 0 aromatic heterocycles. The van der Waals surface area contributed by atoms with Crippen LogP contribution in [0.5, 0.6) is 0 Å². The zero-order valence-electron chi connectivity index (χ0n) is 29.4. The lowest BCUT2D eigenvalue weighted by atomic mass is 9.62. The maximum Gasteiger partial charge on any atom is 0.317 e. The molecule has 2 aromatic carbocycles. The molecule has 2 fully saturated rings. The van der Waals surface area contributed by atoms with Crippen molar-refractivity contribution in [1.82, 2.24) is 0 Å². The molecule has 12 heteroatoms. The van der Waals surface area contributed by atoms with Crippen molar-refractivity contribution in [3.8, 4) is 0 Å². The van der Waals surface area contributed by atoms with Crippen LogP contribution in [0, 0.1) is 22.5 Å². The summed E-state index contributed by atoms with van der Waals surface area (Å²) < 4.78 is 36.8. The van der Waals surface area contributed by atoms with E-state index < -0.39 is 16.9 Å². The van der Waals surface area contributed by atoms with E-state index in [1.54, 1.807) is 38.1 Å². The lowest BCUT2D eigenvalue weighted by molar-refractivity contribution is -0.156. The Morgan fingerprint density at radius 1 is 0.769 bits per heavy atom. The fourth-order valence-corrected chi connectivity index (χ4v) is 7.28. The number of allylic oxidation sites excluding steroid dienone is 4. The van der Waals surface area contributed by atoms with E-state index in [2.05, 4.69) is 9.98 Å². The Hall–Kier alpha value is -5.23. The number of aliphatic hydroxyl groups excluding tert-OH is 1. The Balaban J connectivity index is 0.000000201. The summed E-state index contributed by atoms with van der Waals surface area (Å²) in [7, 11) is 0.